The van der Waals surface area contributed by atoms with Crippen LogP contribution in [0.25, 0.3) is 21.5 Å². The molecule has 0 aromatic heterocycles. The first-order valence-corrected chi connectivity index (χ1v) is 6.44. The lowest BCUT2D eigenvalue weighted by molar-refractivity contribution is 0.281. The van der Waals surface area contributed by atoms with Crippen LogP contribution in [0.5, 0.6) is 0 Å². The average molecular weight is 234 g/mol. The van der Waals surface area contributed by atoms with Gasteiger partial charge in [-0.1, -0.05) is 42.5 Å². The highest BCUT2D eigenvalue weighted by molar-refractivity contribution is 6.11. The molecule has 0 unspecified atom stereocenters. The molecule has 1 nitrogen and oxygen atoms in total. The van der Waals surface area contributed by atoms with Gasteiger partial charge in [0.15, 0.2) is 0 Å². The molecule has 0 fully saturated rings. The number of aliphatic hydroxyl groups excluding tert-OH is 1. The number of rotatable bonds is 1. The molecule has 0 heterocycles. The van der Waals surface area contributed by atoms with Gasteiger partial charge in [-0.15, -0.1) is 0 Å². The first-order chi connectivity index (χ1) is 8.88. The molecule has 88 valence electrons. The van der Waals surface area contributed by atoms with E-state index in [0.29, 0.717) is 0 Å². The number of benzene rings is 3. The average Bonchev–Trinajstić information content (AvgIpc) is 2.44. The van der Waals surface area contributed by atoms with Crippen LogP contribution in [0.4, 0.5) is 0 Å². The third kappa shape index (κ3) is 1.20. The van der Waals surface area contributed by atoms with Crippen molar-refractivity contribution in [2.24, 2.45) is 0 Å². The minimum absolute atomic E-state index is 0.143. The maximum atomic E-state index is 9.50. The topological polar surface area (TPSA) is 20.2 Å². The molecule has 4 rings (SSSR count). The second-order valence-electron chi connectivity index (χ2n) is 5.04. The number of aliphatic hydroxyl groups is 1. The van der Waals surface area contributed by atoms with Crippen LogP contribution in [0, 0.1) is 0 Å². The number of hydrogen-bond donors (Lipinski definition) is 1. The van der Waals surface area contributed by atoms with Crippen molar-refractivity contribution in [2.75, 3.05) is 0 Å². The molecule has 0 atom stereocenters. The van der Waals surface area contributed by atoms with Crippen molar-refractivity contribution >= 4 is 21.5 Å². The van der Waals surface area contributed by atoms with Crippen molar-refractivity contribution < 1.29 is 5.11 Å². The summed E-state index contributed by atoms with van der Waals surface area (Å²) in [6, 6.07) is 15.1. The zero-order valence-electron chi connectivity index (χ0n) is 10.1. The first-order valence-electron chi connectivity index (χ1n) is 6.44. The van der Waals surface area contributed by atoms with Crippen LogP contribution in [-0.2, 0) is 19.4 Å². The predicted octanol–water partition coefficient (Wildman–Crippen LogP) is 3.58. The Morgan fingerprint density at radius 1 is 0.833 bits per heavy atom. The molecule has 3 aromatic carbocycles. The van der Waals surface area contributed by atoms with E-state index in [9.17, 15) is 5.11 Å². The van der Waals surface area contributed by atoms with Crippen LogP contribution in [0.15, 0.2) is 42.5 Å². The van der Waals surface area contributed by atoms with Gasteiger partial charge in [-0.2, -0.15) is 0 Å². The molecule has 0 saturated heterocycles. The Bertz CT molecular complexity index is 771. The summed E-state index contributed by atoms with van der Waals surface area (Å²) in [7, 11) is 0. The molecule has 18 heavy (non-hydrogen) atoms. The summed E-state index contributed by atoms with van der Waals surface area (Å²) in [5.41, 5.74) is 3.88. The maximum Gasteiger partial charge on any atom is 0.0684 e. The minimum Gasteiger partial charge on any atom is -0.392 e. The van der Waals surface area contributed by atoms with Crippen molar-refractivity contribution in [1.29, 1.82) is 0 Å². The maximum absolute atomic E-state index is 9.50. The van der Waals surface area contributed by atoms with Gasteiger partial charge in [-0.05, 0) is 51.1 Å². The molecule has 1 N–H and O–H groups in total. The van der Waals surface area contributed by atoms with Gasteiger partial charge in [0, 0.05) is 0 Å². The standard InChI is InChI=1S/C17H14O/c18-10-14-7-6-13-5-4-11-2-1-3-12-8-9-15(14)17(13)16(11)12/h1-7,18H,8-10H2. The van der Waals surface area contributed by atoms with Crippen LogP contribution in [-0.4, -0.2) is 5.11 Å². The van der Waals surface area contributed by atoms with Gasteiger partial charge < -0.3 is 5.11 Å². The monoisotopic (exact) mass is 234 g/mol. The van der Waals surface area contributed by atoms with Crippen molar-refractivity contribution in [1.82, 2.24) is 0 Å². The van der Waals surface area contributed by atoms with Gasteiger partial charge in [0.25, 0.3) is 0 Å². The fraction of sp³-hybridized carbons (Fsp3) is 0.176. The second-order valence-corrected chi connectivity index (χ2v) is 5.04. The van der Waals surface area contributed by atoms with E-state index < -0.39 is 0 Å². The second kappa shape index (κ2) is 3.56. The lowest BCUT2D eigenvalue weighted by Gasteiger charge is -2.20. The Kier molecular flexibility index (Phi) is 2.00. The molecule has 0 bridgehead atoms. The van der Waals surface area contributed by atoms with Crippen LogP contribution in [0.1, 0.15) is 16.7 Å². The number of aryl methyl sites for hydroxylation is 2. The van der Waals surface area contributed by atoms with Gasteiger partial charge in [0.1, 0.15) is 0 Å². The normalized spacial score (nSPS) is 13.6. The summed E-state index contributed by atoms with van der Waals surface area (Å²) in [6.45, 7) is 0.143. The largest absolute Gasteiger partial charge is 0.392 e. The van der Waals surface area contributed by atoms with E-state index in [1.807, 2.05) is 0 Å². The molecule has 1 aliphatic carbocycles. The minimum atomic E-state index is 0.143. The molecule has 1 heteroatoms. The Morgan fingerprint density at radius 3 is 2.44 bits per heavy atom. The Labute approximate surface area is 106 Å². The van der Waals surface area contributed by atoms with E-state index in [4.69, 9.17) is 0 Å². The summed E-state index contributed by atoms with van der Waals surface area (Å²) in [5, 5.41) is 14.9. The van der Waals surface area contributed by atoms with Crippen LogP contribution >= 0.6 is 0 Å². The SMILES string of the molecule is OCc1ccc2ccc3cccc4c3c2c1CC4. The van der Waals surface area contributed by atoms with E-state index in [0.717, 1.165) is 18.4 Å². The molecule has 0 spiro atoms. The molecule has 0 aliphatic heterocycles. The van der Waals surface area contributed by atoms with E-state index in [1.54, 1.807) is 0 Å². The van der Waals surface area contributed by atoms with Gasteiger partial charge in [0.05, 0.1) is 6.61 Å². The van der Waals surface area contributed by atoms with Crippen LogP contribution < -0.4 is 0 Å². The lowest BCUT2D eigenvalue weighted by atomic mass is 9.84. The molecular formula is C17H14O. The van der Waals surface area contributed by atoms with E-state index in [1.165, 1.54) is 32.7 Å². The highest BCUT2D eigenvalue weighted by atomic mass is 16.3. The predicted molar refractivity (Wildman–Crippen MR) is 74.8 cm³/mol. The lowest BCUT2D eigenvalue weighted by Crippen LogP contribution is -2.04. The van der Waals surface area contributed by atoms with Gasteiger partial charge >= 0.3 is 0 Å². The highest BCUT2D eigenvalue weighted by Gasteiger charge is 2.17. The third-order valence-electron chi connectivity index (χ3n) is 4.13. The molecule has 0 saturated carbocycles. The van der Waals surface area contributed by atoms with Crippen molar-refractivity contribution in [3.8, 4) is 0 Å². The molecular weight excluding hydrogens is 220 g/mol. The van der Waals surface area contributed by atoms with Crippen molar-refractivity contribution in [3.05, 3.63) is 59.2 Å². The summed E-state index contributed by atoms with van der Waals surface area (Å²) >= 11 is 0. The van der Waals surface area contributed by atoms with Crippen molar-refractivity contribution in [3.63, 3.8) is 0 Å². The van der Waals surface area contributed by atoms with Crippen molar-refractivity contribution in [2.45, 2.75) is 19.4 Å². The quantitative estimate of drug-likeness (QED) is 0.638. The molecule has 3 aromatic rings. The smallest absolute Gasteiger partial charge is 0.0684 e. The number of hydrogen-bond acceptors (Lipinski definition) is 1. The fourth-order valence-corrected chi connectivity index (χ4v) is 3.29. The summed E-state index contributed by atoms with van der Waals surface area (Å²) in [4.78, 5) is 0. The van der Waals surface area contributed by atoms with Gasteiger partial charge in [0.2, 0.25) is 0 Å². The highest BCUT2D eigenvalue weighted by Crippen LogP contribution is 2.37. The zero-order chi connectivity index (χ0) is 12.1. The summed E-state index contributed by atoms with van der Waals surface area (Å²) in [6.07, 6.45) is 2.13. The summed E-state index contributed by atoms with van der Waals surface area (Å²) in [5.74, 6) is 0. The van der Waals surface area contributed by atoms with Gasteiger partial charge in [-0.25, -0.2) is 0 Å². The summed E-state index contributed by atoms with van der Waals surface area (Å²) < 4.78 is 0. The van der Waals surface area contributed by atoms with Crippen LogP contribution in [0.2, 0.25) is 0 Å². The van der Waals surface area contributed by atoms with Crippen LogP contribution in [0.3, 0.4) is 0 Å². The molecule has 0 amide bonds. The molecule has 0 radical (unpaired) electrons. The van der Waals surface area contributed by atoms with E-state index in [-0.39, 0.29) is 6.61 Å². The van der Waals surface area contributed by atoms with E-state index >= 15 is 0 Å². The Morgan fingerprint density at radius 2 is 1.61 bits per heavy atom. The zero-order valence-corrected chi connectivity index (χ0v) is 10.1. The Hall–Kier alpha value is -1.86. The molecule has 1 aliphatic rings. The van der Waals surface area contributed by atoms with Gasteiger partial charge in [-0.3, -0.25) is 0 Å². The van der Waals surface area contributed by atoms with E-state index in [2.05, 4.69) is 42.5 Å². The fourth-order valence-electron chi connectivity index (χ4n) is 3.29. The Balaban J connectivity index is 2.31. The first kappa shape index (κ1) is 10.1. The third-order valence-corrected chi connectivity index (χ3v) is 4.13.